The lowest BCUT2D eigenvalue weighted by Crippen LogP contribution is -2.10. The molecule has 1 unspecified atom stereocenters. The van der Waals surface area contributed by atoms with Crippen molar-refractivity contribution in [3.63, 3.8) is 0 Å². The molecular formula is C13H14F3N3O. The van der Waals surface area contributed by atoms with Crippen LogP contribution in [0, 0.1) is 0 Å². The fourth-order valence-electron chi connectivity index (χ4n) is 1.95. The minimum Gasteiger partial charge on any atom is -0.398 e. The van der Waals surface area contributed by atoms with E-state index in [-0.39, 0.29) is 17.7 Å². The number of benzene rings is 1. The number of rotatable bonds is 3. The highest BCUT2D eigenvalue weighted by atomic mass is 19.4. The highest BCUT2D eigenvalue weighted by Crippen LogP contribution is 2.33. The van der Waals surface area contributed by atoms with E-state index in [1.807, 2.05) is 0 Å². The van der Waals surface area contributed by atoms with Crippen molar-refractivity contribution in [1.82, 2.24) is 9.78 Å². The molecule has 0 aliphatic rings. The van der Waals surface area contributed by atoms with E-state index in [1.54, 1.807) is 24.1 Å². The van der Waals surface area contributed by atoms with Crippen LogP contribution in [0.25, 0.3) is 0 Å². The highest BCUT2D eigenvalue weighted by Gasteiger charge is 2.31. The third-order valence-electron chi connectivity index (χ3n) is 2.96. The monoisotopic (exact) mass is 285 g/mol. The molecule has 2 rings (SSSR count). The summed E-state index contributed by atoms with van der Waals surface area (Å²) in [5.41, 5.74) is 5.74. The van der Waals surface area contributed by atoms with E-state index < -0.39 is 17.8 Å². The first kappa shape index (κ1) is 14.4. The molecule has 2 aromatic rings. The number of aromatic nitrogens is 2. The van der Waals surface area contributed by atoms with Gasteiger partial charge in [-0.3, -0.25) is 4.68 Å². The van der Waals surface area contributed by atoms with Gasteiger partial charge in [0.2, 0.25) is 0 Å². The smallest absolute Gasteiger partial charge is 0.398 e. The second-order valence-corrected chi connectivity index (χ2v) is 4.58. The zero-order valence-corrected chi connectivity index (χ0v) is 10.7. The van der Waals surface area contributed by atoms with Crippen molar-refractivity contribution in [3.8, 4) is 0 Å². The van der Waals surface area contributed by atoms with Crippen LogP contribution in [-0.4, -0.2) is 14.9 Å². The predicted molar refractivity (Wildman–Crippen MR) is 67.7 cm³/mol. The van der Waals surface area contributed by atoms with Gasteiger partial charge in [0, 0.05) is 30.9 Å². The molecule has 4 nitrogen and oxygen atoms in total. The summed E-state index contributed by atoms with van der Waals surface area (Å²) in [6.07, 6.45) is -2.18. The number of anilines is 1. The van der Waals surface area contributed by atoms with Crippen LogP contribution in [0.4, 0.5) is 18.9 Å². The van der Waals surface area contributed by atoms with Crippen molar-refractivity contribution in [3.05, 3.63) is 47.3 Å². The first-order valence-corrected chi connectivity index (χ1v) is 5.89. The van der Waals surface area contributed by atoms with E-state index in [1.165, 1.54) is 0 Å². The van der Waals surface area contributed by atoms with Crippen LogP contribution < -0.4 is 5.73 Å². The van der Waals surface area contributed by atoms with Crippen LogP contribution in [-0.2, 0) is 19.6 Å². The van der Waals surface area contributed by atoms with Crippen molar-refractivity contribution in [2.24, 2.45) is 7.05 Å². The normalized spacial score (nSPS) is 13.4. The van der Waals surface area contributed by atoms with Crippen LogP contribution in [0.1, 0.15) is 22.8 Å². The molecule has 0 aliphatic carbocycles. The van der Waals surface area contributed by atoms with Gasteiger partial charge in [-0.1, -0.05) is 0 Å². The lowest BCUT2D eigenvalue weighted by molar-refractivity contribution is -0.137. The number of hydrogen-bond donors (Lipinski definition) is 2. The van der Waals surface area contributed by atoms with Gasteiger partial charge in [-0.25, -0.2) is 0 Å². The molecule has 0 saturated carbocycles. The molecule has 3 N–H and O–H groups in total. The molecule has 0 bridgehead atoms. The van der Waals surface area contributed by atoms with Crippen molar-refractivity contribution in [2.75, 3.05) is 5.73 Å². The third-order valence-corrected chi connectivity index (χ3v) is 2.96. The quantitative estimate of drug-likeness (QED) is 0.850. The molecule has 1 aromatic carbocycles. The van der Waals surface area contributed by atoms with Crippen molar-refractivity contribution < 1.29 is 18.3 Å². The Morgan fingerprint density at radius 2 is 2.10 bits per heavy atom. The standard InChI is InChI=1S/C13H14F3N3O/c1-19-7-8(6-18-19)4-12(20)10-5-9(13(14,15)16)2-3-11(10)17/h2-3,5-7,12,20H,4,17H2,1H3. The Hall–Kier alpha value is -2.02. The molecule has 0 aliphatic heterocycles. The number of halogens is 3. The third kappa shape index (κ3) is 3.11. The van der Waals surface area contributed by atoms with E-state index in [2.05, 4.69) is 5.10 Å². The van der Waals surface area contributed by atoms with E-state index >= 15 is 0 Å². The number of nitrogens with two attached hydrogens (primary N) is 1. The first-order chi connectivity index (χ1) is 9.27. The largest absolute Gasteiger partial charge is 0.416 e. The van der Waals surface area contributed by atoms with Crippen LogP contribution >= 0.6 is 0 Å². The molecule has 0 saturated heterocycles. The van der Waals surface area contributed by atoms with Crippen LogP contribution in [0.15, 0.2) is 30.6 Å². The second kappa shape index (κ2) is 5.16. The Morgan fingerprint density at radius 3 is 2.65 bits per heavy atom. The SMILES string of the molecule is Cn1cc(CC(O)c2cc(C(F)(F)F)ccc2N)cn1. The maximum Gasteiger partial charge on any atom is 0.416 e. The number of aryl methyl sites for hydroxylation is 1. The van der Waals surface area contributed by atoms with Gasteiger partial charge in [-0.15, -0.1) is 0 Å². The van der Waals surface area contributed by atoms with Gasteiger partial charge in [-0.2, -0.15) is 18.3 Å². The molecule has 0 spiro atoms. The number of aliphatic hydroxyl groups is 1. The highest BCUT2D eigenvalue weighted by molar-refractivity contribution is 5.50. The lowest BCUT2D eigenvalue weighted by Gasteiger charge is -2.15. The first-order valence-electron chi connectivity index (χ1n) is 5.89. The Kier molecular flexibility index (Phi) is 3.71. The van der Waals surface area contributed by atoms with Gasteiger partial charge in [0.25, 0.3) is 0 Å². The van der Waals surface area contributed by atoms with Gasteiger partial charge < -0.3 is 10.8 Å². The van der Waals surface area contributed by atoms with Gasteiger partial charge >= 0.3 is 6.18 Å². The molecule has 7 heteroatoms. The summed E-state index contributed by atoms with van der Waals surface area (Å²) in [6, 6.07) is 2.94. The fraction of sp³-hybridized carbons (Fsp3) is 0.308. The summed E-state index contributed by atoms with van der Waals surface area (Å²) >= 11 is 0. The minimum absolute atomic E-state index is 0.0729. The second-order valence-electron chi connectivity index (χ2n) is 4.58. The Morgan fingerprint density at radius 1 is 1.40 bits per heavy atom. The number of nitrogens with zero attached hydrogens (tertiary/aromatic N) is 2. The molecule has 1 atom stereocenters. The molecule has 0 radical (unpaired) electrons. The van der Waals surface area contributed by atoms with Gasteiger partial charge in [-0.05, 0) is 23.8 Å². The number of nitrogen functional groups attached to an aromatic ring is 1. The van der Waals surface area contributed by atoms with Crippen LogP contribution in [0.2, 0.25) is 0 Å². The zero-order chi connectivity index (χ0) is 14.9. The van der Waals surface area contributed by atoms with Gasteiger partial charge in [0.15, 0.2) is 0 Å². The molecular weight excluding hydrogens is 271 g/mol. The number of hydrogen-bond acceptors (Lipinski definition) is 3. The Balaban J connectivity index is 2.27. The summed E-state index contributed by atoms with van der Waals surface area (Å²) in [5, 5.41) is 14.0. The molecule has 0 fully saturated rings. The van der Waals surface area contributed by atoms with Crippen molar-refractivity contribution in [2.45, 2.75) is 18.7 Å². The summed E-state index contributed by atoms with van der Waals surface area (Å²) in [4.78, 5) is 0. The van der Waals surface area contributed by atoms with Gasteiger partial charge in [0.05, 0.1) is 17.9 Å². The predicted octanol–water partition coefficient (Wildman–Crippen LogP) is 2.30. The summed E-state index contributed by atoms with van der Waals surface area (Å²) in [6.45, 7) is 0. The molecule has 20 heavy (non-hydrogen) atoms. The number of alkyl halides is 3. The molecule has 108 valence electrons. The van der Waals surface area contributed by atoms with E-state index in [4.69, 9.17) is 5.73 Å². The number of aliphatic hydroxyl groups excluding tert-OH is 1. The van der Waals surface area contributed by atoms with E-state index in [9.17, 15) is 18.3 Å². The minimum atomic E-state index is -4.46. The Bertz CT molecular complexity index is 607. The molecule has 0 amide bonds. The average Bonchev–Trinajstić information content (AvgIpc) is 2.73. The topological polar surface area (TPSA) is 64.1 Å². The van der Waals surface area contributed by atoms with E-state index in [0.717, 1.165) is 23.8 Å². The fourth-order valence-corrected chi connectivity index (χ4v) is 1.95. The Labute approximate surface area is 113 Å². The molecule has 1 aromatic heterocycles. The molecule has 1 heterocycles. The van der Waals surface area contributed by atoms with Gasteiger partial charge in [0.1, 0.15) is 0 Å². The summed E-state index contributed by atoms with van der Waals surface area (Å²) < 4.78 is 39.5. The summed E-state index contributed by atoms with van der Waals surface area (Å²) in [5.74, 6) is 0. The van der Waals surface area contributed by atoms with Crippen molar-refractivity contribution in [1.29, 1.82) is 0 Å². The maximum atomic E-state index is 12.7. The lowest BCUT2D eigenvalue weighted by atomic mass is 9.99. The van der Waals surface area contributed by atoms with E-state index in [0.29, 0.717) is 0 Å². The zero-order valence-electron chi connectivity index (χ0n) is 10.7. The van der Waals surface area contributed by atoms with Crippen LogP contribution in [0.5, 0.6) is 0 Å². The van der Waals surface area contributed by atoms with Crippen molar-refractivity contribution >= 4 is 5.69 Å². The summed E-state index contributed by atoms with van der Waals surface area (Å²) in [7, 11) is 1.72. The average molecular weight is 285 g/mol. The maximum absolute atomic E-state index is 12.7. The van der Waals surface area contributed by atoms with Crippen LogP contribution in [0.3, 0.4) is 0 Å².